The number of aromatic nitrogens is 2. The summed E-state index contributed by atoms with van der Waals surface area (Å²) in [4.78, 5) is 7.84. The molecule has 1 unspecified atom stereocenters. The zero-order chi connectivity index (χ0) is 13.1. The van der Waals surface area contributed by atoms with Crippen molar-refractivity contribution in [3.8, 4) is 5.88 Å². The number of rotatable bonds is 3. The first kappa shape index (κ1) is 12.7. The maximum Gasteiger partial charge on any atom is 0.238 e. The van der Waals surface area contributed by atoms with Crippen molar-refractivity contribution in [2.24, 2.45) is 0 Å². The van der Waals surface area contributed by atoms with E-state index in [1.807, 2.05) is 0 Å². The number of hydrogen-bond donors (Lipinski definition) is 1. The second kappa shape index (κ2) is 5.29. The molecule has 0 aliphatic carbocycles. The lowest BCUT2D eigenvalue weighted by Crippen LogP contribution is -2.08. The smallest absolute Gasteiger partial charge is 0.238 e. The van der Waals surface area contributed by atoms with Crippen LogP contribution in [0.1, 0.15) is 17.4 Å². The molecule has 18 heavy (non-hydrogen) atoms. The highest BCUT2D eigenvalue weighted by molar-refractivity contribution is 6.31. The molecule has 1 atom stereocenters. The molecule has 4 nitrogen and oxygen atoms in total. The Morgan fingerprint density at radius 1 is 1.33 bits per heavy atom. The van der Waals surface area contributed by atoms with E-state index in [9.17, 15) is 9.50 Å². The van der Waals surface area contributed by atoms with Gasteiger partial charge in [-0.3, -0.25) is 4.98 Å². The zero-order valence-electron chi connectivity index (χ0n) is 9.47. The van der Waals surface area contributed by atoms with Crippen LogP contribution in [0, 0.1) is 5.82 Å². The van der Waals surface area contributed by atoms with Crippen LogP contribution in [-0.2, 0) is 0 Å². The van der Waals surface area contributed by atoms with Gasteiger partial charge in [-0.2, -0.15) is 0 Å². The molecule has 6 heteroatoms. The fourth-order valence-corrected chi connectivity index (χ4v) is 1.86. The Balaban J connectivity index is 2.51. The summed E-state index contributed by atoms with van der Waals surface area (Å²) < 4.78 is 18.7. The lowest BCUT2D eigenvalue weighted by atomic mass is 10.1. The van der Waals surface area contributed by atoms with Gasteiger partial charge in [0, 0.05) is 23.0 Å². The number of aliphatic hydroxyl groups excluding tert-OH is 1. The predicted octanol–water partition coefficient (Wildman–Crippen LogP) is 2.36. The number of ether oxygens (including phenoxy) is 1. The van der Waals surface area contributed by atoms with E-state index in [4.69, 9.17) is 16.3 Å². The number of aliphatic hydroxyl groups is 1. The van der Waals surface area contributed by atoms with Crippen molar-refractivity contribution >= 4 is 11.6 Å². The van der Waals surface area contributed by atoms with Crippen LogP contribution in [-0.4, -0.2) is 22.2 Å². The minimum atomic E-state index is -1.33. The van der Waals surface area contributed by atoms with Gasteiger partial charge in [-0.25, -0.2) is 9.37 Å². The van der Waals surface area contributed by atoms with Gasteiger partial charge < -0.3 is 9.84 Å². The molecule has 0 saturated heterocycles. The van der Waals surface area contributed by atoms with Crippen LogP contribution in [0.15, 0.2) is 30.6 Å². The third-order valence-corrected chi connectivity index (χ3v) is 2.75. The standard InChI is InChI=1S/C12H10ClFN2O2/c1-18-12-10(15-5-6-16-12)11(17)9-7(13)3-2-4-8(9)14/h2-6,11,17H,1H3. The molecule has 0 aliphatic rings. The Labute approximate surface area is 108 Å². The first-order valence-corrected chi connectivity index (χ1v) is 5.49. The van der Waals surface area contributed by atoms with E-state index in [1.54, 1.807) is 0 Å². The Morgan fingerprint density at radius 3 is 2.72 bits per heavy atom. The van der Waals surface area contributed by atoms with Gasteiger partial charge in [-0.05, 0) is 12.1 Å². The van der Waals surface area contributed by atoms with E-state index in [1.165, 1.54) is 37.7 Å². The normalized spacial score (nSPS) is 12.2. The lowest BCUT2D eigenvalue weighted by molar-refractivity contribution is 0.203. The van der Waals surface area contributed by atoms with Crippen LogP contribution in [0.25, 0.3) is 0 Å². The fraction of sp³-hybridized carbons (Fsp3) is 0.167. The first-order valence-electron chi connectivity index (χ1n) is 5.12. The van der Waals surface area contributed by atoms with Gasteiger partial charge in [0.05, 0.1) is 7.11 Å². The van der Waals surface area contributed by atoms with Gasteiger partial charge in [0.25, 0.3) is 0 Å². The molecule has 0 aliphatic heterocycles. The van der Waals surface area contributed by atoms with Crippen molar-refractivity contribution < 1.29 is 14.2 Å². The predicted molar refractivity (Wildman–Crippen MR) is 64.1 cm³/mol. The van der Waals surface area contributed by atoms with Crippen LogP contribution in [0.5, 0.6) is 5.88 Å². The summed E-state index contributed by atoms with van der Waals surface area (Å²) >= 11 is 5.88. The Morgan fingerprint density at radius 2 is 2.06 bits per heavy atom. The van der Waals surface area contributed by atoms with Gasteiger partial charge in [0.1, 0.15) is 17.6 Å². The summed E-state index contributed by atoms with van der Waals surface area (Å²) in [6.07, 6.45) is 1.47. The topological polar surface area (TPSA) is 55.2 Å². The summed E-state index contributed by atoms with van der Waals surface area (Å²) in [6, 6.07) is 4.17. The summed E-state index contributed by atoms with van der Waals surface area (Å²) in [7, 11) is 1.39. The van der Waals surface area contributed by atoms with Gasteiger partial charge in [0.2, 0.25) is 5.88 Å². The highest BCUT2D eigenvalue weighted by Gasteiger charge is 2.23. The van der Waals surface area contributed by atoms with E-state index >= 15 is 0 Å². The molecule has 0 bridgehead atoms. The molecule has 0 amide bonds. The number of methoxy groups -OCH3 is 1. The highest BCUT2D eigenvalue weighted by Crippen LogP contribution is 2.32. The quantitative estimate of drug-likeness (QED) is 0.928. The Bertz CT molecular complexity index is 545. The third-order valence-electron chi connectivity index (χ3n) is 2.42. The Hall–Kier alpha value is -1.72. The number of hydrogen-bond acceptors (Lipinski definition) is 4. The van der Waals surface area contributed by atoms with Crippen LogP contribution in [0.2, 0.25) is 5.02 Å². The molecule has 1 N–H and O–H groups in total. The minimum Gasteiger partial charge on any atom is -0.480 e. The third kappa shape index (κ3) is 2.27. The molecular weight excluding hydrogens is 259 g/mol. The van der Waals surface area contributed by atoms with E-state index < -0.39 is 11.9 Å². The largest absolute Gasteiger partial charge is 0.480 e. The van der Waals surface area contributed by atoms with Crippen LogP contribution in [0.3, 0.4) is 0 Å². The zero-order valence-corrected chi connectivity index (χ0v) is 10.2. The molecular formula is C12H10ClFN2O2. The fourth-order valence-electron chi connectivity index (χ4n) is 1.59. The molecule has 1 heterocycles. The maximum atomic E-state index is 13.7. The van der Waals surface area contributed by atoms with E-state index in [0.29, 0.717) is 0 Å². The van der Waals surface area contributed by atoms with Crippen LogP contribution in [0.4, 0.5) is 4.39 Å². The molecule has 1 aromatic carbocycles. The van der Waals surface area contributed by atoms with Crippen molar-refractivity contribution in [1.29, 1.82) is 0 Å². The summed E-state index contributed by atoms with van der Waals surface area (Å²) in [5.74, 6) is -0.480. The molecule has 0 saturated carbocycles. The Kier molecular flexibility index (Phi) is 3.74. The van der Waals surface area contributed by atoms with E-state index in [2.05, 4.69) is 9.97 Å². The monoisotopic (exact) mass is 268 g/mol. The van der Waals surface area contributed by atoms with Crippen molar-refractivity contribution in [2.75, 3.05) is 7.11 Å². The summed E-state index contributed by atoms with van der Waals surface area (Å²) in [6.45, 7) is 0. The molecule has 2 aromatic rings. The van der Waals surface area contributed by atoms with Crippen molar-refractivity contribution in [3.05, 3.63) is 52.7 Å². The van der Waals surface area contributed by atoms with Crippen molar-refractivity contribution in [1.82, 2.24) is 9.97 Å². The van der Waals surface area contributed by atoms with Crippen LogP contribution >= 0.6 is 11.6 Å². The number of nitrogens with zero attached hydrogens (tertiary/aromatic N) is 2. The van der Waals surface area contributed by atoms with Gasteiger partial charge in [0.15, 0.2) is 0 Å². The first-order chi connectivity index (χ1) is 8.65. The SMILES string of the molecule is COc1nccnc1C(O)c1c(F)cccc1Cl. The maximum absolute atomic E-state index is 13.7. The van der Waals surface area contributed by atoms with Gasteiger partial charge in [-0.15, -0.1) is 0 Å². The molecule has 0 fully saturated rings. The number of halogens is 2. The molecule has 2 rings (SSSR count). The minimum absolute atomic E-state index is 0.0435. The molecule has 1 aromatic heterocycles. The van der Waals surface area contributed by atoms with Crippen molar-refractivity contribution in [3.63, 3.8) is 0 Å². The summed E-state index contributed by atoms with van der Waals surface area (Å²) in [5.41, 5.74) is 0.0740. The molecule has 0 radical (unpaired) electrons. The average molecular weight is 269 g/mol. The van der Waals surface area contributed by atoms with E-state index in [0.717, 1.165) is 0 Å². The van der Waals surface area contributed by atoms with Crippen molar-refractivity contribution in [2.45, 2.75) is 6.10 Å². The lowest BCUT2D eigenvalue weighted by Gasteiger charge is -2.14. The van der Waals surface area contributed by atoms with Gasteiger partial charge in [-0.1, -0.05) is 17.7 Å². The van der Waals surface area contributed by atoms with E-state index in [-0.39, 0.29) is 22.2 Å². The average Bonchev–Trinajstić information content (AvgIpc) is 2.38. The second-order valence-corrected chi connectivity index (χ2v) is 3.90. The van der Waals surface area contributed by atoms with Gasteiger partial charge >= 0.3 is 0 Å². The highest BCUT2D eigenvalue weighted by atomic mass is 35.5. The molecule has 94 valence electrons. The molecule has 0 spiro atoms. The second-order valence-electron chi connectivity index (χ2n) is 3.49. The van der Waals surface area contributed by atoms with Crippen LogP contribution < -0.4 is 4.74 Å². The number of benzene rings is 1. The summed E-state index contributed by atoms with van der Waals surface area (Å²) in [5, 5.41) is 10.3.